The lowest BCUT2D eigenvalue weighted by Gasteiger charge is -2.70. The fourth-order valence-electron chi connectivity index (χ4n) is 8.74. The van der Waals surface area contributed by atoms with Gasteiger partial charge >= 0.3 is 5.97 Å². The van der Waals surface area contributed by atoms with Crippen LogP contribution in [0.4, 0.5) is 0 Å². The zero-order valence-electron chi connectivity index (χ0n) is 18.5. The first-order valence-corrected chi connectivity index (χ1v) is 11.5. The molecule has 0 aliphatic heterocycles. The van der Waals surface area contributed by atoms with Crippen molar-refractivity contribution >= 4 is 11.8 Å². The molecule has 0 aromatic carbocycles. The highest BCUT2D eigenvalue weighted by atomic mass is 16.7. The summed E-state index contributed by atoms with van der Waals surface area (Å²) < 4.78 is 11.7. The number of fused-ring (bicyclic) bond motifs is 3. The van der Waals surface area contributed by atoms with Gasteiger partial charge in [0.1, 0.15) is 12.6 Å². The van der Waals surface area contributed by atoms with Gasteiger partial charge < -0.3 is 19.4 Å². The Labute approximate surface area is 174 Å². The van der Waals surface area contributed by atoms with Crippen LogP contribution in [-0.4, -0.2) is 36.9 Å². The molecule has 0 heterocycles. The van der Waals surface area contributed by atoms with Gasteiger partial charge in [0, 0.05) is 18.9 Å². The summed E-state index contributed by atoms with van der Waals surface area (Å²) in [5, 5.41) is 10.1. The van der Waals surface area contributed by atoms with Crippen molar-refractivity contribution in [3.63, 3.8) is 0 Å². The zero-order chi connectivity index (χ0) is 21.0. The van der Waals surface area contributed by atoms with Crippen molar-refractivity contribution in [3.05, 3.63) is 0 Å². The molecule has 0 aromatic rings. The van der Waals surface area contributed by atoms with Gasteiger partial charge in [-0.05, 0) is 87.9 Å². The van der Waals surface area contributed by atoms with E-state index in [2.05, 4.69) is 6.92 Å². The molecule has 5 rings (SSSR count). The van der Waals surface area contributed by atoms with Gasteiger partial charge in [0.25, 0.3) is 0 Å². The zero-order valence-corrected chi connectivity index (χ0v) is 18.5. The number of aliphatic carboxylic acids is 1. The molecule has 5 heteroatoms. The van der Waals surface area contributed by atoms with Crippen LogP contribution in [0.5, 0.6) is 0 Å². The summed E-state index contributed by atoms with van der Waals surface area (Å²) >= 11 is 0. The minimum absolute atomic E-state index is 0.0399. The molecule has 0 radical (unpaired) electrons. The SMILES string of the molecule is COCO[C@@H]1[C@@H](CC(C)=O)[C@@H]2CC[C@@]13CC[C@H]1[C@@](C)(CCC[C@@]1(C)C(=O)O)[C@@H]3C2. The molecule has 5 aliphatic carbocycles. The van der Waals surface area contributed by atoms with E-state index in [0.29, 0.717) is 18.3 Å². The van der Waals surface area contributed by atoms with Crippen molar-refractivity contribution in [3.8, 4) is 0 Å². The topological polar surface area (TPSA) is 72.8 Å². The average molecular weight is 407 g/mol. The maximum absolute atomic E-state index is 12.3. The van der Waals surface area contributed by atoms with Gasteiger partial charge in [-0.3, -0.25) is 4.79 Å². The third-order valence-electron chi connectivity index (χ3n) is 9.82. The molecule has 8 atom stereocenters. The highest BCUT2D eigenvalue weighted by Crippen LogP contribution is 2.72. The van der Waals surface area contributed by atoms with Gasteiger partial charge in [0.15, 0.2) is 0 Å². The molecule has 0 amide bonds. The number of rotatable bonds is 6. The third kappa shape index (κ3) is 3.02. The number of Topliss-reactive ketones (excluding diaryl/α,β-unsaturated/α-hetero) is 1. The van der Waals surface area contributed by atoms with E-state index in [1.54, 1.807) is 14.0 Å². The summed E-state index contributed by atoms with van der Waals surface area (Å²) in [6, 6.07) is 0. The summed E-state index contributed by atoms with van der Waals surface area (Å²) in [6.07, 6.45) is 9.00. The van der Waals surface area contributed by atoms with Gasteiger partial charge in [-0.15, -0.1) is 0 Å². The quantitative estimate of drug-likeness (QED) is 0.649. The minimum Gasteiger partial charge on any atom is -0.481 e. The predicted molar refractivity (Wildman–Crippen MR) is 109 cm³/mol. The number of hydrogen-bond donors (Lipinski definition) is 1. The van der Waals surface area contributed by atoms with Crippen molar-refractivity contribution in [1.82, 2.24) is 0 Å². The third-order valence-corrected chi connectivity index (χ3v) is 9.82. The Morgan fingerprint density at radius 3 is 2.45 bits per heavy atom. The van der Waals surface area contributed by atoms with Crippen molar-refractivity contribution in [2.24, 2.45) is 39.9 Å². The molecule has 5 fully saturated rings. The maximum Gasteiger partial charge on any atom is 0.309 e. The summed E-state index contributed by atoms with van der Waals surface area (Å²) in [7, 11) is 1.66. The Hall–Kier alpha value is -0.940. The molecule has 0 aromatic heterocycles. The molecule has 1 spiro atoms. The van der Waals surface area contributed by atoms with Crippen LogP contribution in [0.25, 0.3) is 0 Å². The molecule has 0 saturated heterocycles. The molecule has 2 bridgehead atoms. The van der Waals surface area contributed by atoms with Crippen LogP contribution in [0, 0.1) is 39.9 Å². The fourth-order valence-corrected chi connectivity index (χ4v) is 8.74. The summed E-state index contributed by atoms with van der Waals surface area (Å²) in [5.41, 5.74) is -0.513. The Bertz CT molecular complexity index is 676. The number of ketones is 1. The molecule has 5 aliphatic rings. The first kappa shape index (κ1) is 21.3. The largest absolute Gasteiger partial charge is 0.481 e. The Morgan fingerprint density at radius 1 is 1.07 bits per heavy atom. The molecule has 29 heavy (non-hydrogen) atoms. The standard InChI is InChI=1S/C24H38O5/c1-15(25)12-17-16-6-10-24(20(17)29-14-28-4)11-7-18-22(2,19(24)13-16)8-5-9-23(18,3)21(26)27/h16-20H,5-14H2,1-4H3,(H,26,27)/t16-,17+,18+,19+,20-,22-,23-,24+/m1/s1. The van der Waals surface area contributed by atoms with Crippen LogP contribution < -0.4 is 0 Å². The molecular weight excluding hydrogens is 368 g/mol. The van der Waals surface area contributed by atoms with E-state index in [4.69, 9.17) is 9.47 Å². The van der Waals surface area contributed by atoms with Crippen LogP contribution >= 0.6 is 0 Å². The van der Waals surface area contributed by atoms with Gasteiger partial charge in [0.2, 0.25) is 0 Å². The number of ether oxygens (including phenoxy) is 2. The molecule has 164 valence electrons. The molecule has 5 saturated carbocycles. The highest BCUT2D eigenvalue weighted by molar-refractivity contribution is 5.76. The predicted octanol–water partition coefficient (Wildman–Crippen LogP) is 4.68. The Morgan fingerprint density at radius 2 is 1.79 bits per heavy atom. The Kier molecular flexibility index (Phi) is 5.39. The van der Waals surface area contributed by atoms with Crippen molar-refractivity contribution in [2.45, 2.75) is 84.7 Å². The molecule has 0 unspecified atom stereocenters. The summed E-state index contributed by atoms with van der Waals surface area (Å²) in [4.78, 5) is 24.4. The van der Waals surface area contributed by atoms with E-state index in [9.17, 15) is 14.7 Å². The van der Waals surface area contributed by atoms with Crippen LogP contribution in [0.2, 0.25) is 0 Å². The number of hydrogen-bond acceptors (Lipinski definition) is 4. The highest BCUT2D eigenvalue weighted by Gasteiger charge is 2.69. The van der Waals surface area contributed by atoms with E-state index in [1.807, 2.05) is 6.92 Å². The second-order valence-electron chi connectivity index (χ2n) is 11.1. The van der Waals surface area contributed by atoms with Crippen LogP contribution in [-0.2, 0) is 19.1 Å². The first-order valence-electron chi connectivity index (χ1n) is 11.5. The normalized spacial score (nSPS) is 48.6. The van der Waals surface area contributed by atoms with E-state index < -0.39 is 11.4 Å². The monoisotopic (exact) mass is 406 g/mol. The maximum atomic E-state index is 12.3. The van der Waals surface area contributed by atoms with Gasteiger partial charge in [-0.2, -0.15) is 0 Å². The van der Waals surface area contributed by atoms with Gasteiger partial charge in [-0.25, -0.2) is 0 Å². The smallest absolute Gasteiger partial charge is 0.309 e. The Balaban J connectivity index is 1.73. The molecule has 1 N–H and O–H groups in total. The van der Waals surface area contributed by atoms with Crippen molar-refractivity contribution < 1.29 is 24.2 Å². The number of carboxylic acids is 1. The van der Waals surface area contributed by atoms with Crippen LogP contribution in [0.3, 0.4) is 0 Å². The molecule has 5 nitrogen and oxygen atoms in total. The van der Waals surface area contributed by atoms with E-state index in [1.165, 1.54) is 6.42 Å². The fraction of sp³-hybridized carbons (Fsp3) is 0.917. The van der Waals surface area contributed by atoms with E-state index in [-0.39, 0.29) is 41.3 Å². The first-order chi connectivity index (χ1) is 13.7. The van der Waals surface area contributed by atoms with Gasteiger partial charge in [-0.1, -0.05) is 13.3 Å². The molecular formula is C24H38O5. The minimum atomic E-state index is -0.619. The van der Waals surface area contributed by atoms with E-state index in [0.717, 1.165) is 44.9 Å². The lowest BCUT2D eigenvalue weighted by Crippen LogP contribution is -2.67. The number of carbonyl (C=O) groups excluding carboxylic acids is 1. The summed E-state index contributed by atoms with van der Waals surface area (Å²) in [5.74, 6) is 1.12. The average Bonchev–Trinajstić information content (AvgIpc) is 2.66. The van der Waals surface area contributed by atoms with Gasteiger partial charge in [0.05, 0.1) is 11.5 Å². The van der Waals surface area contributed by atoms with Crippen molar-refractivity contribution in [2.75, 3.05) is 13.9 Å². The second-order valence-corrected chi connectivity index (χ2v) is 11.1. The van der Waals surface area contributed by atoms with E-state index >= 15 is 0 Å². The lowest BCUT2D eigenvalue weighted by molar-refractivity contribution is -0.269. The number of methoxy groups -OCH3 is 1. The van der Waals surface area contributed by atoms with Crippen molar-refractivity contribution in [1.29, 1.82) is 0 Å². The lowest BCUT2D eigenvalue weighted by atomic mass is 9.35. The second kappa shape index (κ2) is 7.33. The number of carboxylic acid groups (broad SMARTS) is 1. The number of carbonyl (C=O) groups is 2. The van der Waals surface area contributed by atoms with Crippen LogP contribution in [0.1, 0.15) is 78.6 Å². The summed E-state index contributed by atoms with van der Waals surface area (Å²) in [6.45, 7) is 6.35. The van der Waals surface area contributed by atoms with Crippen LogP contribution in [0.15, 0.2) is 0 Å².